The van der Waals surface area contributed by atoms with Crippen molar-refractivity contribution >= 4 is 17.3 Å². The monoisotopic (exact) mass is 295 g/mol. The van der Waals surface area contributed by atoms with Gasteiger partial charge >= 0.3 is 0 Å². The van der Waals surface area contributed by atoms with Crippen LogP contribution in [0.5, 0.6) is 0 Å². The van der Waals surface area contributed by atoms with Crippen molar-refractivity contribution in [3.05, 3.63) is 0 Å². The Balaban J connectivity index is 1.41. The zero-order valence-corrected chi connectivity index (χ0v) is 13.5. The average Bonchev–Trinajstić information content (AvgIpc) is 3.03. The quantitative estimate of drug-likeness (QED) is 0.789. The summed E-state index contributed by atoms with van der Waals surface area (Å²) in [6, 6.07) is 1.51. The summed E-state index contributed by atoms with van der Waals surface area (Å²) in [6.45, 7) is 4.65. The van der Waals surface area contributed by atoms with Crippen LogP contribution < -0.4 is 5.32 Å². The molecule has 0 bridgehead atoms. The smallest absolute Gasteiger partial charge is 0.169 e. The van der Waals surface area contributed by atoms with E-state index in [1.165, 1.54) is 70.9 Å². The minimum Gasteiger partial charge on any atom is -0.360 e. The minimum absolute atomic E-state index is 0.643. The van der Waals surface area contributed by atoms with Crippen LogP contribution in [0.25, 0.3) is 0 Å². The number of hydrogen-bond acceptors (Lipinski definition) is 2. The van der Waals surface area contributed by atoms with Crippen LogP contribution in [0.4, 0.5) is 0 Å². The van der Waals surface area contributed by atoms with Gasteiger partial charge in [-0.05, 0) is 37.9 Å². The summed E-state index contributed by atoms with van der Waals surface area (Å²) >= 11 is 5.62. The summed E-state index contributed by atoms with van der Waals surface area (Å²) < 4.78 is 0. The van der Waals surface area contributed by atoms with Gasteiger partial charge in [0, 0.05) is 38.3 Å². The predicted molar refractivity (Wildman–Crippen MR) is 88.0 cm³/mol. The molecule has 2 saturated carbocycles. The van der Waals surface area contributed by atoms with E-state index in [4.69, 9.17) is 12.2 Å². The maximum absolute atomic E-state index is 5.62. The molecule has 0 radical (unpaired) electrons. The van der Waals surface area contributed by atoms with Gasteiger partial charge in [-0.2, -0.15) is 0 Å². The normalized spacial score (nSPS) is 26.9. The molecule has 20 heavy (non-hydrogen) atoms. The fraction of sp³-hybridized carbons (Fsp3) is 0.938. The summed E-state index contributed by atoms with van der Waals surface area (Å²) in [7, 11) is 0. The predicted octanol–water partition coefficient (Wildman–Crippen LogP) is 2.75. The number of rotatable bonds is 2. The maximum Gasteiger partial charge on any atom is 0.169 e. The first-order valence-electron chi connectivity index (χ1n) is 8.62. The Labute approximate surface area is 129 Å². The van der Waals surface area contributed by atoms with E-state index in [0.29, 0.717) is 6.04 Å². The second-order valence-electron chi connectivity index (χ2n) is 6.75. The highest BCUT2D eigenvalue weighted by Gasteiger charge is 2.27. The van der Waals surface area contributed by atoms with Crippen molar-refractivity contribution in [2.24, 2.45) is 0 Å². The average molecular weight is 295 g/mol. The van der Waals surface area contributed by atoms with E-state index in [-0.39, 0.29) is 0 Å². The zero-order chi connectivity index (χ0) is 13.8. The molecule has 3 nitrogen and oxygen atoms in total. The lowest BCUT2D eigenvalue weighted by atomic mass is 9.96. The molecule has 1 saturated heterocycles. The summed E-state index contributed by atoms with van der Waals surface area (Å²) in [6.07, 6.45) is 12.5. The molecule has 2 aliphatic carbocycles. The number of nitrogens with zero attached hydrogens (tertiary/aromatic N) is 2. The molecule has 1 heterocycles. The lowest BCUT2D eigenvalue weighted by molar-refractivity contribution is 0.132. The third-order valence-electron chi connectivity index (χ3n) is 5.38. The van der Waals surface area contributed by atoms with E-state index in [9.17, 15) is 0 Å². The van der Waals surface area contributed by atoms with Crippen molar-refractivity contribution in [2.45, 2.75) is 69.9 Å². The van der Waals surface area contributed by atoms with Crippen molar-refractivity contribution in [3.8, 4) is 0 Å². The van der Waals surface area contributed by atoms with Crippen LogP contribution in [0.2, 0.25) is 0 Å². The van der Waals surface area contributed by atoms with E-state index >= 15 is 0 Å². The van der Waals surface area contributed by atoms with Crippen LogP contribution in [0.15, 0.2) is 0 Å². The van der Waals surface area contributed by atoms with Crippen molar-refractivity contribution in [3.63, 3.8) is 0 Å². The van der Waals surface area contributed by atoms with Crippen molar-refractivity contribution in [2.75, 3.05) is 26.2 Å². The van der Waals surface area contributed by atoms with Crippen LogP contribution in [0.1, 0.15) is 57.8 Å². The van der Waals surface area contributed by atoms with E-state index in [0.717, 1.165) is 24.2 Å². The van der Waals surface area contributed by atoms with Gasteiger partial charge in [-0.25, -0.2) is 0 Å². The Bertz CT molecular complexity index is 314. The van der Waals surface area contributed by atoms with E-state index in [1.807, 2.05) is 0 Å². The molecule has 0 aromatic heterocycles. The van der Waals surface area contributed by atoms with Gasteiger partial charge < -0.3 is 10.2 Å². The maximum atomic E-state index is 5.62. The third-order valence-corrected chi connectivity index (χ3v) is 5.75. The largest absolute Gasteiger partial charge is 0.360 e. The Hall–Kier alpha value is -0.350. The van der Waals surface area contributed by atoms with Gasteiger partial charge in [-0.1, -0.05) is 32.1 Å². The molecule has 0 aromatic rings. The number of thiocarbonyl (C=S) groups is 1. The topological polar surface area (TPSA) is 18.5 Å². The van der Waals surface area contributed by atoms with Crippen LogP contribution in [-0.2, 0) is 0 Å². The standard InChI is InChI=1S/C16H29N3S/c20-16(17-14-6-2-1-3-7-14)19-12-10-18(11-13-19)15-8-4-5-9-15/h14-15H,1-13H2,(H,17,20). The lowest BCUT2D eigenvalue weighted by Crippen LogP contribution is -2.55. The molecular weight excluding hydrogens is 266 g/mol. The highest BCUT2D eigenvalue weighted by Crippen LogP contribution is 2.24. The molecule has 3 aliphatic rings. The molecule has 1 aliphatic heterocycles. The first-order valence-corrected chi connectivity index (χ1v) is 9.03. The van der Waals surface area contributed by atoms with E-state index < -0.39 is 0 Å². The van der Waals surface area contributed by atoms with Gasteiger partial charge in [0.1, 0.15) is 0 Å². The van der Waals surface area contributed by atoms with E-state index in [2.05, 4.69) is 15.1 Å². The molecule has 0 amide bonds. The second-order valence-corrected chi connectivity index (χ2v) is 7.13. The molecule has 3 fully saturated rings. The fourth-order valence-corrected chi connectivity index (χ4v) is 4.42. The number of piperazine rings is 1. The molecule has 3 rings (SSSR count). The fourth-order valence-electron chi connectivity index (χ4n) is 4.07. The Morgan fingerprint density at radius 2 is 1.40 bits per heavy atom. The Morgan fingerprint density at radius 3 is 2.05 bits per heavy atom. The molecule has 0 unspecified atom stereocenters. The van der Waals surface area contributed by atoms with Gasteiger partial charge in [0.05, 0.1) is 0 Å². The first-order chi connectivity index (χ1) is 9.83. The molecule has 0 aromatic carbocycles. The summed E-state index contributed by atoms with van der Waals surface area (Å²) in [5.41, 5.74) is 0. The Morgan fingerprint density at radius 1 is 0.800 bits per heavy atom. The summed E-state index contributed by atoms with van der Waals surface area (Å²) in [4.78, 5) is 5.10. The van der Waals surface area contributed by atoms with Crippen LogP contribution in [0.3, 0.4) is 0 Å². The summed E-state index contributed by atoms with van der Waals surface area (Å²) in [5.74, 6) is 0. The molecule has 1 N–H and O–H groups in total. The van der Waals surface area contributed by atoms with Crippen molar-refractivity contribution < 1.29 is 0 Å². The minimum atomic E-state index is 0.643. The lowest BCUT2D eigenvalue weighted by Gasteiger charge is -2.40. The zero-order valence-electron chi connectivity index (χ0n) is 12.6. The molecule has 4 heteroatoms. The molecule has 0 atom stereocenters. The van der Waals surface area contributed by atoms with Gasteiger partial charge in [0.2, 0.25) is 0 Å². The van der Waals surface area contributed by atoms with Crippen LogP contribution in [0, 0.1) is 0 Å². The van der Waals surface area contributed by atoms with Crippen LogP contribution >= 0.6 is 12.2 Å². The van der Waals surface area contributed by atoms with Gasteiger partial charge in [-0.3, -0.25) is 4.90 Å². The number of hydrogen-bond donors (Lipinski definition) is 1. The third kappa shape index (κ3) is 3.64. The molecule has 0 spiro atoms. The highest BCUT2D eigenvalue weighted by molar-refractivity contribution is 7.80. The SMILES string of the molecule is S=C(NC1CCCCC1)N1CCN(C2CCCC2)CC1. The highest BCUT2D eigenvalue weighted by atomic mass is 32.1. The van der Waals surface area contributed by atoms with Crippen molar-refractivity contribution in [1.29, 1.82) is 0 Å². The second kappa shape index (κ2) is 7.08. The van der Waals surface area contributed by atoms with Gasteiger partial charge in [0.25, 0.3) is 0 Å². The Kier molecular flexibility index (Phi) is 5.16. The molecular formula is C16H29N3S. The molecule has 114 valence electrons. The van der Waals surface area contributed by atoms with Gasteiger partial charge in [-0.15, -0.1) is 0 Å². The first kappa shape index (κ1) is 14.6. The van der Waals surface area contributed by atoms with Gasteiger partial charge in [0.15, 0.2) is 5.11 Å². The van der Waals surface area contributed by atoms with Crippen molar-refractivity contribution in [1.82, 2.24) is 15.1 Å². The van der Waals surface area contributed by atoms with E-state index in [1.54, 1.807) is 0 Å². The summed E-state index contributed by atoms with van der Waals surface area (Å²) in [5, 5.41) is 4.63. The van der Waals surface area contributed by atoms with Crippen LogP contribution in [-0.4, -0.2) is 53.2 Å². The number of nitrogens with one attached hydrogen (secondary N) is 1.